The van der Waals surface area contributed by atoms with Gasteiger partial charge in [-0.05, 0) is 31.6 Å². The van der Waals surface area contributed by atoms with E-state index in [-0.39, 0.29) is 5.91 Å². The van der Waals surface area contributed by atoms with Crippen molar-refractivity contribution in [3.05, 3.63) is 0 Å². The lowest BCUT2D eigenvalue weighted by Gasteiger charge is -2.06. The quantitative estimate of drug-likeness (QED) is 0.568. The molecule has 1 amide bonds. The molecule has 0 radical (unpaired) electrons. The maximum Gasteiger partial charge on any atom is 0.234 e. The molecule has 0 aliphatic heterocycles. The molecule has 2 rings (SSSR count). The number of carbonyl (C=O) groups is 1. The second-order valence-electron chi connectivity index (χ2n) is 4.54. The third kappa shape index (κ3) is 5.14. The Morgan fingerprint density at radius 3 is 2.73 bits per heavy atom. The van der Waals surface area contributed by atoms with E-state index < -0.39 is 0 Å². The third-order valence-corrected chi connectivity index (χ3v) is 2.70. The van der Waals surface area contributed by atoms with Crippen molar-refractivity contribution in [2.45, 2.75) is 31.7 Å². The van der Waals surface area contributed by atoms with E-state index in [0.29, 0.717) is 19.2 Å². The van der Waals surface area contributed by atoms with Crippen molar-refractivity contribution in [3.63, 3.8) is 0 Å². The van der Waals surface area contributed by atoms with E-state index in [0.717, 1.165) is 31.9 Å². The number of amides is 1. The first-order valence-corrected chi connectivity index (χ1v) is 5.92. The number of hydrogen-bond donors (Lipinski definition) is 2. The van der Waals surface area contributed by atoms with Crippen LogP contribution in [0.5, 0.6) is 0 Å². The molecule has 2 aliphatic carbocycles. The maximum atomic E-state index is 11.2. The standard InChI is InChI=1S/C11H20N2O2/c14-11(13-10-3-4-10)7-12-5-6-15-8-9-1-2-9/h9-10,12H,1-8H2,(H,13,14). The van der Waals surface area contributed by atoms with Gasteiger partial charge in [-0.3, -0.25) is 4.79 Å². The van der Waals surface area contributed by atoms with E-state index in [4.69, 9.17) is 4.74 Å². The highest BCUT2D eigenvalue weighted by Gasteiger charge is 2.22. The molecule has 15 heavy (non-hydrogen) atoms. The second kappa shape index (κ2) is 5.47. The molecular formula is C11H20N2O2. The Morgan fingerprint density at radius 1 is 1.27 bits per heavy atom. The van der Waals surface area contributed by atoms with E-state index in [2.05, 4.69) is 10.6 Å². The van der Waals surface area contributed by atoms with Crippen LogP contribution >= 0.6 is 0 Å². The normalized spacial score (nSPS) is 20.3. The molecule has 0 unspecified atom stereocenters. The minimum absolute atomic E-state index is 0.111. The molecule has 0 spiro atoms. The molecule has 0 aromatic rings. The summed E-state index contributed by atoms with van der Waals surface area (Å²) in [7, 11) is 0. The number of hydrogen-bond acceptors (Lipinski definition) is 3. The first-order valence-electron chi connectivity index (χ1n) is 5.92. The van der Waals surface area contributed by atoms with Gasteiger partial charge in [0.15, 0.2) is 0 Å². The van der Waals surface area contributed by atoms with Crippen LogP contribution in [-0.4, -0.2) is 38.3 Å². The summed E-state index contributed by atoms with van der Waals surface area (Å²) in [4.78, 5) is 11.2. The van der Waals surface area contributed by atoms with Crippen molar-refractivity contribution >= 4 is 5.91 Å². The van der Waals surface area contributed by atoms with Gasteiger partial charge in [0.1, 0.15) is 0 Å². The van der Waals surface area contributed by atoms with Gasteiger partial charge in [0.25, 0.3) is 0 Å². The van der Waals surface area contributed by atoms with Crippen LogP contribution in [-0.2, 0) is 9.53 Å². The van der Waals surface area contributed by atoms with Gasteiger partial charge in [0.05, 0.1) is 13.2 Å². The molecule has 0 heterocycles. The fourth-order valence-electron chi connectivity index (χ4n) is 1.39. The van der Waals surface area contributed by atoms with Crippen LogP contribution in [0.4, 0.5) is 0 Å². The SMILES string of the molecule is O=C(CNCCOCC1CC1)NC1CC1. The molecule has 2 fully saturated rings. The van der Waals surface area contributed by atoms with Gasteiger partial charge in [-0.1, -0.05) is 0 Å². The smallest absolute Gasteiger partial charge is 0.234 e. The summed E-state index contributed by atoms with van der Waals surface area (Å²) >= 11 is 0. The molecule has 0 aromatic heterocycles. The Morgan fingerprint density at radius 2 is 2.07 bits per heavy atom. The minimum atomic E-state index is 0.111. The molecule has 86 valence electrons. The van der Waals surface area contributed by atoms with Gasteiger partial charge < -0.3 is 15.4 Å². The summed E-state index contributed by atoms with van der Waals surface area (Å²) in [6.07, 6.45) is 4.96. The molecule has 0 saturated heterocycles. The second-order valence-corrected chi connectivity index (χ2v) is 4.54. The summed E-state index contributed by atoms with van der Waals surface area (Å²) in [6, 6.07) is 0.463. The average Bonchev–Trinajstić information content (AvgIpc) is 3.04. The van der Waals surface area contributed by atoms with Crippen LogP contribution in [0, 0.1) is 5.92 Å². The summed E-state index contributed by atoms with van der Waals surface area (Å²) < 4.78 is 5.44. The van der Waals surface area contributed by atoms with Crippen LogP contribution < -0.4 is 10.6 Å². The zero-order chi connectivity index (χ0) is 10.5. The van der Waals surface area contributed by atoms with Gasteiger partial charge in [0.2, 0.25) is 5.91 Å². The average molecular weight is 212 g/mol. The summed E-state index contributed by atoms with van der Waals surface area (Å²) in [6.45, 7) is 2.80. The monoisotopic (exact) mass is 212 g/mol. The van der Waals surface area contributed by atoms with Crippen molar-refractivity contribution in [2.24, 2.45) is 5.92 Å². The Labute approximate surface area is 90.8 Å². The van der Waals surface area contributed by atoms with Gasteiger partial charge in [0, 0.05) is 19.2 Å². The van der Waals surface area contributed by atoms with E-state index >= 15 is 0 Å². The van der Waals surface area contributed by atoms with Crippen LogP contribution in [0.2, 0.25) is 0 Å². The number of ether oxygens (including phenoxy) is 1. The zero-order valence-corrected chi connectivity index (χ0v) is 9.13. The van der Waals surface area contributed by atoms with Crippen LogP contribution in [0.3, 0.4) is 0 Å². The van der Waals surface area contributed by atoms with Crippen molar-refractivity contribution in [1.29, 1.82) is 0 Å². The fraction of sp³-hybridized carbons (Fsp3) is 0.909. The van der Waals surface area contributed by atoms with E-state index in [1.54, 1.807) is 0 Å². The molecule has 2 saturated carbocycles. The van der Waals surface area contributed by atoms with Crippen LogP contribution in [0.1, 0.15) is 25.7 Å². The molecule has 2 aliphatic rings. The number of carbonyl (C=O) groups excluding carboxylic acids is 1. The van der Waals surface area contributed by atoms with Gasteiger partial charge in [-0.25, -0.2) is 0 Å². The molecule has 4 nitrogen and oxygen atoms in total. The van der Waals surface area contributed by atoms with Gasteiger partial charge >= 0.3 is 0 Å². The van der Waals surface area contributed by atoms with E-state index in [1.807, 2.05) is 0 Å². The first-order chi connectivity index (χ1) is 7.34. The number of nitrogens with one attached hydrogen (secondary N) is 2. The predicted octanol–water partition coefficient (Wildman–Crippen LogP) is 0.281. The largest absolute Gasteiger partial charge is 0.380 e. The fourth-order valence-corrected chi connectivity index (χ4v) is 1.39. The van der Waals surface area contributed by atoms with E-state index in [1.165, 1.54) is 12.8 Å². The van der Waals surface area contributed by atoms with Crippen molar-refractivity contribution < 1.29 is 9.53 Å². The van der Waals surface area contributed by atoms with Gasteiger partial charge in [-0.2, -0.15) is 0 Å². The zero-order valence-electron chi connectivity index (χ0n) is 9.13. The van der Waals surface area contributed by atoms with Gasteiger partial charge in [-0.15, -0.1) is 0 Å². The molecule has 0 bridgehead atoms. The highest BCUT2D eigenvalue weighted by atomic mass is 16.5. The molecule has 0 atom stereocenters. The first kappa shape index (κ1) is 10.9. The minimum Gasteiger partial charge on any atom is -0.380 e. The third-order valence-electron chi connectivity index (χ3n) is 2.70. The Bertz CT molecular complexity index is 213. The Balaban J connectivity index is 1.35. The lowest BCUT2D eigenvalue weighted by molar-refractivity contribution is -0.120. The highest BCUT2D eigenvalue weighted by molar-refractivity contribution is 5.78. The van der Waals surface area contributed by atoms with E-state index in [9.17, 15) is 4.79 Å². The predicted molar refractivity (Wildman–Crippen MR) is 57.6 cm³/mol. The molecular weight excluding hydrogens is 192 g/mol. The highest BCUT2D eigenvalue weighted by Crippen LogP contribution is 2.28. The summed E-state index contributed by atoms with van der Waals surface area (Å²) in [5.74, 6) is 0.933. The Hall–Kier alpha value is -0.610. The molecule has 4 heteroatoms. The topological polar surface area (TPSA) is 50.4 Å². The number of rotatable bonds is 8. The summed E-state index contributed by atoms with van der Waals surface area (Å²) in [5.41, 5.74) is 0. The molecule has 0 aromatic carbocycles. The van der Waals surface area contributed by atoms with Crippen molar-refractivity contribution in [2.75, 3.05) is 26.3 Å². The molecule has 2 N–H and O–H groups in total. The van der Waals surface area contributed by atoms with Crippen LogP contribution in [0.15, 0.2) is 0 Å². The van der Waals surface area contributed by atoms with Crippen molar-refractivity contribution in [1.82, 2.24) is 10.6 Å². The maximum absolute atomic E-state index is 11.2. The lowest BCUT2D eigenvalue weighted by Crippen LogP contribution is -2.36. The van der Waals surface area contributed by atoms with Crippen molar-refractivity contribution in [3.8, 4) is 0 Å². The van der Waals surface area contributed by atoms with Crippen LogP contribution in [0.25, 0.3) is 0 Å². The summed E-state index contributed by atoms with van der Waals surface area (Å²) in [5, 5.41) is 6.01. The lowest BCUT2D eigenvalue weighted by atomic mass is 10.5. The Kier molecular flexibility index (Phi) is 3.97.